The second-order valence-corrected chi connectivity index (χ2v) is 5.41. The molecule has 0 saturated heterocycles. The Kier molecular flexibility index (Phi) is 4.90. The van der Waals surface area contributed by atoms with Crippen LogP contribution in [0, 0.1) is 0 Å². The van der Waals surface area contributed by atoms with E-state index in [4.69, 9.17) is 10.5 Å². The minimum Gasteiger partial charge on any atom is -0.449 e. The van der Waals surface area contributed by atoms with Crippen LogP contribution in [0.15, 0.2) is 41.8 Å². The Morgan fingerprint density at radius 3 is 2.41 bits per heavy atom. The maximum absolute atomic E-state index is 11.9. The molecule has 1 heterocycles. The van der Waals surface area contributed by atoms with Crippen LogP contribution in [0.5, 0.6) is 0 Å². The van der Waals surface area contributed by atoms with Crippen LogP contribution in [-0.4, -0.2) is 23.9 Å². The summed E-state index contributed by atoms with van der Waals surface area (Å²) in [7, 11) is 0. The van der Waals surface area contributed by atoms with E-state index in [-0.39, 0.29) is 11.5 Å². The summed E-state index contributed by atoms with van der Waals surface area (Å²) in [6, 6.07) is 9.67. The predicted octanol–water partition coefficient (Wildman–Crippen LogP) is 2.03. The summed E-state index contributed by atoms with van der Waals surface area (Å²) in [6.07, 6.45) is -0.995. The first-order valence-corrected chi connectivity index (χ1v) is 7.30. The molecule has 6 nitrogen and oxygen atoms in total. The number of esters is 1. The van der Waals surface area contributed by atoms with Gasteiger partial charge in [0.15, 0.2) is 6.10 Å². The molecule has 3 N–H and O–H groups in total. The van der Waals surface area contributed by atoms with Crippen LogP contribution in [0.1, 0.15) is 27.0 Å². The van der Waals surface area contributed by atoms with Gasteiger partial charge in [0.1, 0.15) is 0 Å². The van der Waals surface area contributed by atoms with Gasteiger partial charge in [0.2, 0.25) is 0 Å². The van der Waals surface area contributed by atoms with Crippen molar-refractivity contribution in [3.63, 3.8) is 0 Å². The quantitative estimate of drug-likeness (QED) is 0.824. The van der Waals surface area contributed by atoms with Gasteiger partial charge in [0, 0.05) is 5.69 Å². The summed E-state index contributed by atoms with van der Waals surface area (Å²) in [6.45, 7) is 1.40. The molecule has 2 amide bonds. The number of ether oxygens (including phenoxy) is 1. The number of carbonyl (C=O) groups excluding carboxylic acids is 3. The molecule has 2 aromatic rings. The number of nitrogens with two attached hydrogens (primary N) is 1. The molecule has 114 valence electrons. The Balaban J connectivity index is 1.99. The lowest BCUT2D eigenvalue weighted by Gasteiger charge is -2.10. The van der Waals surface area contributed by atoms with Gasteiger partial charge in [0.25, 0.3) is 11.8 Å². The van der Waals surface area contributed by atoms with Gasteiger partial charge in [-0.2, -0.15) is 0 Å². The van der Waals surface area contributed by atoms with E-state index in [1.54, 1.807) is 24.3 Å². The lowest BCUT2D eigenvalue weighted by molar-refractivity contribution is -0.125. The number of benzene rings is 1. The summed E-state index contributed by atoms with van der Waals surface area (Å²) in [4.78, 5) is 35.1. The molecule has 0 aliphatic heterocycles. The topological polar surface area (TPSA) is 98.5 Å². The van der Waals surface area contributed by atoms with Crippen LogP contribution in [-0.2, 0) is 9.53 Å². The van der Waals surface area contributed by atoms with E-state index in [1.165, 1.54) is 30.4 Å². The molecular formula is C15H14N2O4S. The van der Waals surface area contributed by atoms with E-state index in [9.17, 15) is 14.4 Å². The summed E-state index contributed by atoms with van der Waals surface area (Å²) >= 11 is 1.34. The van der Waals surface area contributed by atoms with Crippen LogP contribution in [0.25, 0.3) is 0 Å². The molecular weight excluding hydrogens is 304 g/mol. The fourth-order valence-electron chi connectivity index (χ4n) is 1.58. The number of hydrogen-bond acceptors (Lipinski definition) is 5. The molecule has 2 rings (SSSR count). The fourth-order valence-corrected chi connectivity index (χ4v) is 2.20. The molecule has 0 aliphatic carbocycles. The van der Waals surface area contributed by atoms with Crippen molar-refractivity contribution in [1.29, 1.82) is 0 Å². The summed E-state index contributed by atoms with van der Waals surface area (Å²) < 4.78 is 4.88. The summed E-state index contributed by atoms with van der Waals surface area (Å²) in [5.74, 6) is -1.58. The van der Waals surface area contributed by atoms with Gasteiger partial charge in [0.05, 0.1) is 10.4 Å². The van der Waals surface area contributed by atoms with Crippen molar-refractivity contribution < 1.29 is 19.1 Å². The number of primary amides is 1. The van der Waals surface area contributed by atoms with Gasteiger partial charge >= 0.3 is 5.97 Å². The summed E-state index contributed by atoms with van der Waals surface area (Å²) in [5, 5.41) is 4.53. The van der Waals surface area contributed by atoms with E-state index in [1.807, 2.05) is 5.38 Å². The fraction of sp³-hybridized carbons (Fsp3) is 0.133. The van der Waals surface area contributed by atoms with Crippen molar-refractivity contribution in [2.24, 2.45) is 5.73 Å². The minimum atomic E-state index is -0.995. The van der Waals surface area contributed by atoms with E-state index in [0.717, 1.165) is 0 Å². The largest absolute Gasteiger partial charge is 0.449 e. The smallest absolute Gasteiger partial charge is 0.338 e. The highest BCUT2D eigenvalue weighted by Crippen LogP contribution is 2.15. The van der Waals surface area contributed by atoms with Gasteiger partial charge in [-0.25, -0.2) is 4.79 Å². The highest BCUT2D eigenvalue weighted by molar-refractivity contribution is 7.12. The van der Waals surface area contributed by atoms with Crippen molar-refractivity contribution >= 4 is 34.8 Å². The predicted molar refractivity (Wildman–Crippen MR) is 82.8 cm³/mol. The lowest BCUT2D eigenvalue weighted by atomic mass is 10.2. The monoisotopic (exact) mass is 318 g/mol. The number of rotatable bonds is 5. The molecule has 0 saturated carbocycles. The standard InChI is InChI=1S/C15H14N2O4S/c1-9(13(16)18)21-15(20)10-4-6-11(7-5-10)17-14(19)12-3-2-8-22-12/h2-9H,1H3,(H2,16,18)(H,17,19)/t9-/m1/s1. The van der Waals surface area contributed by atoms with Gasteiger partial charge in [-0.15, -0.1) is 11.3 Å². The first kappa shape index (κ1) is 15.7. The maximum atomic E-state index is 11.9. The zero-order chi connectivity index (χ0) is 16.1. The second kappa shape index (κ2) is 6.86. The number of amides is 2. The number of carbonyl (C=O) groups is 3. The normalized spacial score (nSPS) is 11.5. The van der Waals surface area contributed by atoms with Crippen LogP contribution < -0.4 is 11.1 Å². The highest BCUT2D eigenvalue weighted by Gasteiger charge is 2.16. The van der Waals surface area contributed by atoms with Crippen LogP contribution >= 0.6 is 11.3 Å². The maximum Gasteiger partial charge on any atom is 0.338 e. The molecule has 0 spiro atoms. The van der Waals surface area contributed by atoms with Crippen molar-refractivity contribution in [3.05, 3.63) is 52.2 Å². The Morgan fingerprint density at radius 1 is 1.18 bits per heavy atom. The number of thiophene rings is 1. The van der Waals surface area contributed by atoms with Crippen molar-refractivity contribution in [1.82, 2.24) is 0 Å². The van der Waals surface area contributed by atoms with E-state index >= 15 is 0 Å². The molecule has 0 unspecified atom stereocenters. The molecule has 0 aliphatic rings. The van der Waals surface area contributed by atoms with Crippen LogP contribution in [0.4, 0.5) is 5.69 Å². The van der Waals surface area contributed by atoms with Crippen LogP contribution in [0.2, 0.25) is 0 Å². The van der Waals surface area contributed by atoms with Crippen molar-refractivity contribution in [3.8, 4) is 0 Å². The minimum absolute atomic E-state index is 0.215. The van der Waals surface area contributed by atoms with Gasteiger partial charge in [-0.05, 0) is 42.6 Å². The first-order chi connectivity index (χ1) is 10.5. The van der Waals surface area contributed by atoms with Gasteiger partial charge < -0.3 is 15.8 Å². The molecule has 0 radical (unpaired) electrons. The molecule has 1 aromatic heterocycles. The zero-order valence-corrected chi connectivity index (χ0v) is 12.6. The third kappa shape index (κ3) is 3.92. The third-order valence-electron chi connectivity index (χ3n) is 2.81. The SMILES string of the molecule is C[C@@H](OC(=O)c1ccc(NC(=O)c2cccs2)cc1)C(N)=O. The number of anilines is 1. The molecule has 22 heavy (non-hydrogen) atoms. The van der Waals surface area contributed by atoms with Gasteiger partial charge in [-0.3, -0.25) is 9.59 Å². The highest BCUT2D eigenvalue weighted by atomic mass is 32.1. The molecule has 0 bridgehead atoms. The van der Waals surface area contributed by atoms with Crippen molar-refractivity contribution in [2.75, 3.05) is 5.32 Å². The molecule has 1 atom stereocenters. The number of nitrogens with one attached hydrogen (secondary N) is 1. The molecule has 0 fully saturated rings. The van der Waals surface area contributed by atoms with Gasteiger partial charge in [-0.1, -0.05) is 6.07 Å². The first-order valence-electron chi connectivity index (χ1n) is 6.42. The van der Waals surface area contributed by atoms with E-state index < -0.39 is 18.0 Å². The Bertz CT molecular complexity index is 680. The second-order valence-electron chi connectivity index (χ2n) is 4.46. The average molecular weight is 318 g/mol. The summed E-state index contributed by atoms with van der Waals surface area (Å²) in [5.41, 5.74) is 5.84. The van der Waals surface area contributed by atoms with Crippen molar-refractivity contribution in [2.45, 2.75) is 13.0 Å². The zero-order valence-electron chi connectivity index (χ0n) is 11.7. The number of hydrogen-bond donors (Lipinski definition) is 2. The third-order valence-corrected chi connectivity index (χ3v) is 3.68. The Morgan fingerprint density at radius 2 is 1.86 bits per heavy atom. The Labute approximate surface area is 130 Å². The molecule has 7 heteroatoms. The lowest BCUT2D eigenvalue weighted by Crippen LogP contribution is -2.30. The van der Waals surface area contributed by atoms with Crippen LogP contribution in [0.3, 0.4) is 0 Å². The molecule has 1 aromatic carbocycles. The van der Waals surface area contributed by atoms with E-state index in [0.29, 0.717) is 10.6 Å². The Hall–Kier alpha value is -2.67. The van der Waals surface area contributed by atoms with E-state index in [2.05, 4.69) is 5.32 Å². The average Bonchev–Trinajstić information content (AvgIpc) is 3.02.